The molecule has 0 aromatic rings. The molecule has 0 fully saturated rings. The molecule has 0 saturated heterocycles. The van der Waals surface area contributed by atoms with E-state index >= 15 is 0 Å². The number of aliphatic imine (C=N–C) groups is 1. The first-order chi connectivity index (χ1) is 9.65. The first kappa shape index (κ1) is 18.5. The van der Waals surface area contributed by atoms with Crippen molar-refractivity contribution in [3.63, 3.8) is 0 Å². The van der Waals surface area contributed by atoms with Gasteiger partial charge in [0.2, 0.25) is 11.2 Å². The highest BCUT2D eigenvalue weighted by atomic mass is 16.6. The highest BCUT2D eigenvalue weighted by molar-refractivity contribution is 5.75. The molecule has 0 aliphatic rings. The Labute approximate surface area is 123 Å². The van der Waals surface area contributed by atoms with Gasteiger partial charge in [-0.25, -0.2) is 4.79 Å². The van der Waals surface area contributed by atoms with Crippen LogP contribution in [0.2, 0.25) is 0 Å². The average molecular weight is 299 g/mol. The minimum absolute atomic E-state index is 0.0308. The lowest BCUT2D eigenvalue weighted by molar-refractivity contribution is 0.0498. The van der Waals surface area contributed by atoms with Crippen molar-refractivity contribution in [3.05, 3.63) is 16.9 Å². The second-order valence-electron chi connectivity index (χ2n) is 5.32. The number of alkyl carbamates (subject to hydrolysis) is 1. The Kier molecular flexibility index (Phi) is 7.60. The lowest BCUT2D eigenvalue weighted by Crippen LogP contribution is -2.40. The zero-order valence-corrected chi connectivity index (χ0v) is 12.5. The van der Waals surface area contributed by atoms with Crippen molar-refractivity contribution in [1.29, 1.82) is 5.39 Å². The van der Waals surface area contributed by atoms with E-state index in [2.05, 4.69) is 15.3 Å². The normalized spacial score (nSPS) is 13.0. The van der Waals surface area contributed by atoms with E-state index in [-0.39, 0.29) is 11.7 Å². The Morgan fingerprint density at radius 2 is 2.14 bits per heavy atom. The fourth-order valence-electron chi connectivity index (χ4n) is 1.40. The zero-order chi connectivity index (χ0) is 16.5. The van der Waals surface area contributed by atoms with Crippen LogP contribution in [0.5, 0.6) is 0 Å². The van der Waals surface area contributed by atoms with E-state index in [1.165, 1.54) is 0 Å². The maximum absolute atomic E-state index is 11.7. The van der Waals surface area contributed by atoms with Crippen LogP contribution >= 0.6 is 0 Å². The molecular formula is C12H23N6O3+. The van der Waals surface area contributed by atoms with Crippen molar-refractivity contribution in [1.82, 2.24) is 5.32 Å². The molecular weight excluding hydrogens is 276 g/mol. The molecule has 0 aliphatic carbocycles. The Bertz CT molecular complexity index is 443. The molecule has 0 aliphatic heterocycles. The highest BCUT2D eigenvalue weighted by Crippen LogP contribution is 2.11. The van der Waals surface area contributed by atoms with Crippen LogP contribution in [-0.4, -0.2) is 35.3 Å². The Balaban J connectivity index is 4.62. The van der Waals surface area contributed by atoms with Crippen molar-refractivity contribution in [2.45, 2.75) is 45.3 Å². The van der Waals surface area contributed by atoms with Gasteiger partial charge in [-0.3, -0.25) is 4.99 Å². The third-order valence-electron chi connectivity index (χ3n) is 2.18. The summed E-state index contributed by atoms with van der Waals surface area (Å²) in [7, 11) is 0. The van der Waals surface area contributed by atoms with Crippen LogP contribution in [0.4, 0.5) is 4.79 Å². The number of carbonyl (C=O) groups is 1. The number of aliphatic hydroxyl groups excluding tert-OH is 1. The molecule has 9 nitrogen and oxygen atoms in total. The van der Waals surface area contributed by atoms with Crippen LogP contribution in [0.1, 0.15) is 33.6 Å². The third-order valence-corrected chi connectivity index (χ3v) is 2.18. The molecule has 6 N–H and O–H groups in total. The number of carbonyl (C=O) groups excluding carboxylic acids is 1. The minimum atomic E-state index is -0.759. The zero-order valence-electron chi connectivity index (χ0n) is 12.5. The largest absolute Gasteiger partial charge is 0.504 e. The molecule has 0 aromatic heterocycles. The Hall–Kier alpha value is -2.50. The number of hydrogen-bond donors (Lipinski definition) is 4. The van der Waals surface area contributed by atoms with Crippen molar-refractivity contribution >= 4 is 12.1 Å². The van der Waals surface area contributed by atoms with E-state index in [1.54, 1.807) is 20.8 Å². The predicted octanol–water partition coefficient (Wildman–Crippen LogP) is 1.19. The molecule has 118 valence electrons. The number of hydrogen-bond acceptors (Lipinski definition) is 5. The van der Waals surface area contributed by atoms with Gasteiger partial charge in [-0.2, -0.15) is 0 Å². The summed E-state index contributed by atoms with van der Waals surface area (Å²) >= 11 is 0. The number of aliphatic hydroxyl groups is 1. The van der Waals surface area contributed by atoms with Crippen molar-refractivity contribution < 1.29 is 14.6 Å². The quantitative estimate of drug-likeness (QED) is 0.190. The van der Waals surface area contributed by atoms with Crippen LogP contribution in [0.15, 0.2) is 17.0 Å². The summed E-state index contributed by atoms with van der Waals surface area (Å²) in [5, 5.41) is 20.6. The average Bonchev–Trinajstić information content (AvgIpc) is 2.30. The third kappa shape index (κ3) is 10.0. The lowest BCUT2D eigenvalue weighted by atomic mass is 10.1. The number of nitrogens with zero attached hydrogens (tertiary/aromatic N) is 3. The van der Waals surface area contributed by atoms with Gasteiger partial charge < -0.3 is 26.6 Å². The molecule has 0 rings (SSSR count). The Morgan fingerprint density at radius 1 is 1.52 bits per heavy atom. The Morgan fingerprint density at radius 3 is 2.62 bits per heavy atom. The minimum Gasteiger partial charge on any atom is -0.504 e. The van der Waals surface area contributed by atoms with Gasteiger partial charge in [0.05, 0.1) is 6.04 Å². The number of guanidine groups is 1. The van der Waals surface area contributed by atoms with Crippen molar-refractivity contribution in [2.24, 2.45) is 16.5 Å². The van der Waals surface area contributed by atoms with E-state index in [9.17, 15) is 9.90 Å². The molecule has 0 radical (unpaired) electrons. The van der Waals surface area contributed by atoms with Gasteiger partial charge in [-0.15, -0.1) is 0 Å². The summed E-state index contributed by atoms with van der Waals surface area (Å²) in [6, 6.07) is -0.759. The van der Waals surface area contributed by atoms with E-state index in [1.807, 2.05) is 0 Å². The van der Waals surface area contributed by atoms with E-state index in [0.717, 1.165) is 6.20 Å². The summed E-state index contributed by atoms with van der Waals surface area (Å²) in [5.74, 6) is -0.329. The number of nitrogens with one attached hydrogen (secondary N) is 1. The lowest BCUT2D eigenvalue weighted by Gasteiger charge is -2.22. The molecule has 0 aromatic carbocycles. The van der Waals surface area contributed by atoms with Gasteiger partial charge in [0.25, 0.3) is 0 Å². The fourth-order valence-corrected chi connectivity index (χ4v) is 1.40. The molecule has 0 spiro atoms. The monoisotopic (exact) mass is 299 g/mol. The molecule has 1 amide bonds. The maximum atomic E-state index is 11.7. The van der Waals surface area contributed by atoms with Gasteiger partial charge in [0, 0.05) is 6.54 Å². The van der Waals surface area contributed by atoms with Gasteiger partial charge >= 0.3 is 12.3 Å². The van der Waals surface area contributed by atoms with E-state index < -0.39 is 17.7 Å². The number of nitrogens with two attached hydrogens (primary N) is 2. The first-order valence-electron chi connectivity index (χ1n) is 6.44. The van der Waals surface area contributed by atoms with Crippen molar-refractivity contribution in [3.8, 4) is 0 Å². The SMILES string of the molecule is CC(C)(C)OC(=O)N[C@@H](CCCN=C(N)N)/C(O)=C/[N+]#N. The fraction of sp³-hybridized carbons (Fsp3) is 0.667. The number of amides is 1. The second-order valence-corrected chi connectivity index (χ2v) is 5.32. The molecule has 0 bridgehead atoms. The summed E-state index contributed by atoms with van der Waals surface area (Å²) in [5.41, 5.74) is 9.73. The summed E-state index contributed by atoms with van der Waals surface area (Å²) in [6.07, 6.45) is 0.991. The predicted molar refractivity (Wildman–Crippen MR) is 78.9 cm³/mol. The second kappa shape index (κ2) is 8.63. The van der Waals surface area contributed by atoms with Crippen LogP contribution in [-0.2, 0) is 4.74 Å². The van der Waals surface area contributed by atoms with Gasteiger partial charge in [-0.05, 0) is 33.6 Å². The van der Waals surface area contributed by atoms with Gasteiger partial charge in [-0.1, -0.05) is 0 Å². The van der Waals surface area contributed by atoms with E-state index in [0.29, 0.717) is 19.4 Å². The molecule has 21 heavy (non-hydrogen) atoms. The molecule has 1 atom stereocenters. The van der Waals surface area contributed by atoms with Crippen LogP contribution < -0.4 is 16.8 Å². The molecule has 0 saturated carbocycles. The van der Waals surface area contributed by atoms with Crippen LogP contribution in [0, 0.1) is 5.39 Å². The number of ether oxygens (including phenoxy) is 1. The summed E-state index contributed by atoms with van der Waals surface area (Å²) < 4.78 is 5.09. The van der Waals surface area contributed by atoms with Gasteiger partial charge in [0.1, 0.15) is 5.60 Å². The van der Waals surface area contributed by atoms with Crippen LogP contribution in [0.25, 0.3) is 4.98 Å². The number of rotatable bonds is 6. The van der Waals surface area contributed by atoms with Crippen LogP contribution in [0.3, 0.4) is 0 Å². The number of diazo groups is 1. The topological polar surface area (TPSA) is 151 Å². The molecule has 0 unspecified atom stereocenters. The van der Waals surface area contributed by atoms with E-state index in [4.69, 9.17) is 21.6 Å². The maximum Gasteiger partial charge on any atom is 0.408 e. The standard InChI is InChI=1S/C12H22N6O3/c1-12(2,3)21-11(20)18-8(9(19)7-17-15)5-4-6-16-10(13)14/h7-8H,4-6H2,1-3H3,(H5-,13,14,16,18,19,20)/p+1/b9-7-/t8-/m0/s1. The smallest absolute Gasteiger partial charge is 0.408 e. The summed E-state index contributed by atoms with van der Waals surface area (Å²) in [6.45, 7) is 5.51. The van der Waals surface area contributed by atoms with Gasteiger partial charge in [0.15, 0.2) is 10.9 Å². The molecule has 9 heteroatoms. The first-order valence-corrected chi connectivity index (χ1v) is 6.44. The highest BCUT2D eigenvalue weighted by Gasteiger charge is 2.23. The molecule has 0 heterocycles. The van der Waals surface area contributed by atoms with Crippen molar-refractivity contribution in [2.75, 3.05) is 6.54 Å². The summed E-state index contributed by atoms with van der Waals surface area (Å²) in [4.78, 5) is 18.2.